The van der Waals surface area contributed by atoms with Crippen molar-refractivity contribution in [1.82, 2.24) is 0 Å². The van der Waals surface area contributed by atoms with Crippen LogP contribution in [0.2, 0.25) is 0 Å². The first kappa shape index (κ1) is 16.2. The quantitative estimate of drug-likeness (QED) is 0.528. The van der Waals surface area contributed by atoms with Gasteiger partial charge in [-0.3, -0.25) is 0 Å². The predicted octanol–water partition coefficient (Wildman–Crippen LogP) is 2.12. The number of rotatable bonds is 7. The molecule has 2 aromatic carbocycles. The fourth-order valence-corrected chi connectivity index (χ4v) is 1.81. The Bertz CT molecular complexity index is 679. The molecule has 0 heterocycles. The van der Waals surface area contributed by atoms with Gasteiger partial charge in [0.05, 0.1) is 11.1 Å². The first-order valence-electron chi connectivity index (χ1n) is 6.68. The smallest absolute Gasteiger partial charge is 0.335 e. The third-order valence-corrected chi connectivity index (χ3v) is 2.90. The van der Waals surface area contributed by atoms with Crippen LogP contribution in [0.25, 0.3) is 0 Å². The molecule has 0 saturated heterocycles. The van der Waals surface area contributed by atoms with Crippen LogP contribution >= 0.6 is 0 Å². The molecule has 0 aliphatic carbocycles. The summed E-state index contributed by atoms with van der Waals surface area (Å²) in [5.74, 6) is -1.68. The van der Waals surface area contributed by atoms with E-state index in [0.717, 1.165) is 6.07 Å². The summed E-state index contributed by atoms with van der Waals surface area (Å²) in [6.07, 6.45) is 0. The number of ether oxygens (including phenoxy) is 2. The molecule has 4 N–H and O–H groups in total. The zero-order valence-electron chi connectivity index (χ0n) is 12.1. The Morgan fingerprint density at radius 3 is 1.78 bits per heavy atom. The fourth-order valence-electron chi connectivity index (χ4n) is 1.81. The summed E-state index contributed by atoms with van der Waals surface area (Å²) >= 11 is 0. The Hall–Kier alpha value is -3.22. The van der Waals surface area contributed by atoms with E-state index in [2.05, 4.69) is 0 Å². The van der Waals surface area contributed by atoms with Gasteiger partial charge in [-0.2, -0.15) is 0 Å². The summed E-state index contributed by atoms with van der Waals surface area (Å²) in [5, 5.41) is 17.9. The molecule has 2 aromatic rings. The maximum absolute atomic E-state index is 11.0. The van der Waals surface area contributed by atoms with E-state index in [1.165, 1.54) is 12.1 Å². The van der Waals surface area contributed by atoms with Gasteiger partial charge in [-0.15, -0.1) is 0 Å². The van der Waals surface area contributed by atoms with Gasteiger partial charge in [0.25, 0.3) is 0 Å². The van der Waals surface area contributed by atoms with Gasteiger partial charge in [-0.25, -0.2) is 9.59 Å². The molecule has 2 rings (SSSR count). The summed E-state index contributed by atoms with van der Waals surface area (Å²) < 4.78 is 10.8. The normalized spacial score (nSPS) is 10.1. The van der Waals surface area contributed by atoms with Crippen LogP contribution in [0.4, 0.5) is 5.69 Å². The molecule has 0 spiro atoms. The van der Waals surface area contributed by atoms with Crippen molar-refractivity contribution in [2.24, 2.45) is 0 Å². The first-order valence-corrected chi connectivity index (χ1v) is 6.68. The second kappa shape index (κ2) is 7.17. The van der Waals surface area contributed by atoms with Crippen molar-refractivity contribution in [1.29, 1.82) is 0 Å². The number of carbonyl (C=O) groups is 2. The molecule has 0 fully saturated rings. The van der Waals surface area contributed by atoms with E-state index in [-0.39, 0.29) is 30.1 Å². The maximum Gasteiger partial charge on any atom is 0.335 e. The van der Waals surface area contributed by atoms with Gasteiger partial charge in [0, 0.05) is 5.69 Å². The number of anilines is 1. The summed E-state index contributed by atoms with van der Waals surface area (Å²) in [4.78, 5) is 22.0. The van der Waals surface area contributed by atoms with E-state index < -0.39 is 11.9 Å². The zero-order valence-corrected chi connectivity index (χ0v) is 12.1. The van der Waals surface area contributed by atoms with Gasteiger partial charge < -0.3 is 25.4 Å². The summed E-state index contributed by atoms with van der Waals surface area (Å²) in [5.41, 5.74) is 5.88. The first-order chi connectivity index (χ1) is 11.0. The van der Waals surface area contributed by atoms with E-state index in [1.807, 2.05) is 0 Å². The summed E-state index contributed by atoms with van der Waals surface area (Å²) in [7, 11) is 0. The molecule has 0 aliphatic rings. The highest BCUT2D eigenvalue weighted by Crippen LogP contribution is 2.18. The Labute approximate surface area is 131 Å². The van der Waals surface area contributed by atoms with Crippen molar-refractivity contribution in [3.8, 4) is 11.5 Å². The second-order valence-electron chi connectivity index (χ2n) is 4.62. The van der Waals surface area contributed by atoms with Gasteiger partial charge in [0.15, 0.2) is 0 Å². The predicted molar refractivity (Wildman–Crippen MR) is 82.2 cm³/mol. The van der Waals surface area contributed by atoms with Gasteiger partial charge in [-0.1, -0.05) is 0 Å². The van der Waals surface area contributed by atoms with Gasteiger partial charge >= 0.3 is 11.9 Å². The molecular weight excluding hydrogens is 302 g/mol. The highest BCUT2D eigenvalue weighted by molar-refractivity contribution is 5.94. The third kappa shape index (κ3) is 4.63. The van der Waals surface area contributed by atoms with E-state index in [9.17, 15) is 9.59 Å². The van der Waals surface area contributed by atoms with E-state index in [1.54, 1.807) is 24.3 Å². The molecule has 0 aliphatic heterocycles. The Morgan fingerprint density at radius 2 is 1.30 bits per heavy atom. The molecule has 0 saturated carbocycles. The van der Waals surface area contributed by atoms with Crippen LogP contribution in [0.15, 0.2) is 42.5 Å². The van der Waals surface area contributed by atoms with Crippen LogP contribution in [0, 0.1) is 0 Å². The van der Waals surface area contributed by atoms with Gasteiger partial charge in [-0.05, 0) is 42.5 Å². The molecule has 0 amide bonds. The Kier molecular flexibility index (Phi) is 5.03. The lowest BCUT2D eigenvalue weighted by atomic mass is 10.1. The Balaban J connectivity index is 1.95. The highest BCUT2D eigenvalue weighted by Gasteiger charge is 2.12. The summed E-state index contributed by atoms with van der Waals surface area (Å²) in [6, 6.07) is 10.4. The monoisotopic (exact) mass is 317 g/mol. The number of aromatic carboxylic acids is 2. The van der Waals surface area contributed by atoms with Crippen LogP contribution in [0.3, 0.4) is 0 Å². The van der Waals surface area contributed by atoms with E-state index >= 15 is 0 Å². The SMILES string of the molecule is Nc1ccc(OCCOc2cc(C(=O)O)cc(C(=O)O)c2)cc1. The minimum atomic E-state index is -1.23. The number of hydrogen-bond acceptors (Lipinski definition) is 5. The van der Waals surface area contributed by atoms with Crippen molar-refractivity contribution in [3.05, 3.63) is 53.6 Å². The molecule has 0 radical (unpaired) electrons. The van der Waals surface area contributed by atoms with Crippen molar-refractivity contribution in [2.75, 3.05) is 18.9 Å². The molecule has 0 bridgehead atoms. The minimum absolute atomic E-state index is 0.131. The van der Waals surface area contributed by atoms with Gasteiger partial charge in [0.1, 0.15) is 24.7 Å². The van der Waals surface area contributed by atoms with Crippen LogP contribution in [-0.2, 0) is 0 Å². The van der Waals surface area contributed by atoms with Gasteiger partial charge in [0.2, 0.25) is 0 Å². The molecule has 0 unspecified atom stereocenters. The minimum Gasteiger partial charge on any atom is -0.490 e. The number of carboxylic acids is 2. The Morgan fingerprint density at radius 1 is 0.826 bits per heavy atom. The molecule has 23 heavy (non-hydrogen) atoms. The maximum atomic E-state index is 11.0. The number of benzene rings is 2. The topological polar surface area (TPSA) is 119 Å². The number of carboxylic acid groups (broad SMARTS) is 2. The molecule has 120 valence electrons. The second-order valence-corrected chi connectivity index (χ2v) is 4.62. The summed E-state index contributed by atoms with van der Waals surface area (Å²) in [6.45, 7) is 0.343. The molecule has 7 heteroatoms. The number of hydrogen-bond donors (Lipinski definition) is 3. The van der Waals surface area contributed by atoms with Crippen molar-refractivity contribution >= 4 is 17.6 Å². The standard InChI is InChI=1S/C16H15NO6/c17-12-1-3-13(4-2-12)22-5-6-23-14-8-10(15(18)19)7-11(9-14)16(20)21/h1-4,7-9H,5-6,17H2,(H,18,19)(H,20,21). The average molecular weight is 317 g/mol. The lowest BCUT2D eigenvalue weighted by molar-refractivity contribution is 0.0696. The third-order valence-electron chi connectivity index (χ3n) is 2.90. The van der Waals surface area contributed by atoms with Crippen LogP contribution in [-0.4, -0.2) is 35.4 Å². The molecule has 0 aromatic heterocycles. The van der Waals surface area contributed by atoms with Crippen LogP contribution in [0.5, 0.6) is 11.5 Å². The van der Waals surface area contributed by atoms with Crippen molar-refractivity contribution in [3.63, 3.8) is 0 Å². The van der Waals surface area contributed by atoms with Crippen LogP contribution in [0.1, 0.15) is 20.7 Å². The van der Waals surface area contributed by atoms with Crippen molar-refractivity contribution < 1.29 is 29.3 Å². The number of nitrogen functional groups attached to an aromatic ring is 1. The lowest BCUT2D eigenvalue weighted by Crippen LogP contribution is -2.10. The zero-order chi connectivity index (χ0) is 16.8. The van der Waals surface area contributed by atoms with Crippen LogP contribution < -0.4 is 15.2 Å². The number of nitrogens with two attached hydrogens (primary N) is 1. The fraction of sp³-hybridized carbons (Fsp3) is 0.125. The largest absolute Gasteiger partial charge is 0.490 e. The average Bonchev–Trinajstić information content (AvgIpc) is 2.53. The van der Waals surface area contributed by atoms with E-state index in [0.29, 0.717) is 11.4 Å². The molecule has 7 nitrogen and oxygen atoms in total. The molecule has 0 atom stereocenters. The van der Waals surface area contributed by atoms with E-state index in [4.69, 9.17) is 25.4 Å². The van der Waals surface area contributed by atoms with Crippen molar-refractivity contribution in [2.45, 2.75) is 0 Å². The highest BCUT2D eigenvalue weighted by atomic mass is 16.5. The molecular formula is C16H15NO6. The lowest BCUT2D eigenvalue weighted by Gasteiger charge is -2.10.